The van der Waals surface area contributed by atoms with Gasteiger partial charge in [-0.25, -0.2) is 0 Å². The molecule has 0 bridgehead atoms. The first-order valence-electron chi connectivity index (χ1n) is 13.9. The fraction of sp³-hybridized carbons (Fsp3) is 0.312. The summed E-state index contributed by atoms with van der Waals surface area (Å²) in [5, 5.41) is 14.1. The lowest BCUT2D eigenvalue weighted by Crippen LogP contribution is -2.48. The Kier molecular flexibility index (Phi) is 11.5. The molecule has 12 nitrogen and oxygen atoms in total. The minimum atomic E-state index is -0.445. The number of nitrogens with one attached hydrogen (secondary N) is 2. The molecule has 0 saturated heterocycles. The predicted octanol–water partition coefficient (Wildman–Crippen LogP) is 2.74. The molecule has 0 fully saturated rings. The minimum Gasteiger partial charge on any atom is -0.507 e. The maximum absolute atomic E-state index is 13.2. The number of H-pyrrole nitrogens is 1. The molecule has 1 amide bonds. The number of ketones is 1. The van der Waals surface area contributed by atoms with Crippen molar-refractivity contribution in [2.24, 2.45) is 5.73 Å². The van der Waals surface area contributed by atoms with Gasteiger partial charge in [-0.3, -0.25) is 9.59 Å². The number of aromatic amines is 1. The van der Waals surface area contributed by atoms with Crippen LogP contribution in [0.5, 0.6) is 11.5 Å². The van der Waals surface area contributed by atoms with Gasteiger partial charge in [-0.1, -0.05) is 12.1 Å². The highest BCUT2D eigenvalue weighted by molar-refractivity contribution is 6.12. The number of aromatic nitrogens is 1. The Balaban J connectivity index is 0.000000816. The molecule has 0 aliphatic carbocycles. The van der Waals surface area contributed by atoms with E-state index in [4.69, 9.17) is 29.6 Å². The van der Waals surface area contributed by atoms with Gasteiger partial charge in [-0.05, 0) is 87.2 Å². The number of fused-ring (bicyclic) bond motifs is 5. The second-order valence-electron chi connectivity index (χ2n) is 10.3. The molecule has 5 rings (SSSR count). The summed E-state index contributed by atoms with van der Waals surface area (Å²) in [4.78, 5) is 63.7. The molecule has 2 aliphatic rings. The van der Waals surface area contributed by atoms with Crippen molar-refractivity contribution in [2.75, 3.05) is 26.2 Å². The number of phenolic OH excluding ortho intramolecular Hbond substituents is 1. The van der Waals surface area contributed by atoms with Crippen LogP contribution >= 0.6 is 0 Å². The van der Waals surface area contributed by atoms with Crippen molar-refractivity contribution >= 4 is 34.9 Å². The van der Waals surface area contributed by atoms with E-state index in [9.17, 15) is 14.7 Å². The molecule has 0 spiro atoms. The summed E-state index contributed by atoms with van der Waals surface area (Å²) in [5.74, 6) is 0.286. The van der Waals surface area contributed by atoms with Crippen LogP contribution in [0.25, 0.3) is 10.9 Å². The van der Waals surface area contributed by atoms with Crippen LogP contribution in [0, 0.1) is 0 Å². The van der Waals surface area contributed by atoms with Crippen molar-refractivity contribution in [1.82, 2.24) is 15.2 Å². The van der Waals surface area contributed by atoms with Crippen LogP contribution in [-0.4, -0.2) is 65.2 Å². The molecule has 44 heavy (non-hydrogen) atoms. The first-order chi connectivity index (χ1) is 21.2. The van der Waals surface area contributed by atoms with Crippen molar-refractivity contribution < 1.29 is 38.6 Å². The number of allylic oxidation sites excluding steroid dienone is 2. The van der Waals surface area contributed by atoms with E-state index in [-0.39, 0.29) is 36.3 Å². The number of aromatic hydroxyl groups is 1. The standard InChI is InChI=1S/C30H34N4O4.2CO2/c1-19-15-20(28(37)23-7-3-4-8-26(23)35)17-34-14-11-22-24-16-21(38-18-27(36)32-13-6-5-12-31)9-10-25(24)33-29(22)30(19,34)2;2*2-1-3/h3-4,7-10,15-17,33,35H,5-6,11-14,18,31H2,1-2H3,(H,32,36);;. The minimum absolute atomic E-state index is 0.0172. The van der Waals surface area contributed by atoms with Gasteiger partial charge in [0.05, 0.1) is 11.1 Å². The Morgan fingerprint density at radius 3 is 2.50 bits per heavy atom. The predicted molar refractivity (Wildman–Crippen MR) is 157 cm³/mol. The van der Waals surface area contributed by atoms with Crippen LogP contribution in [0.2, 0.25) is 0 Å². The third-order valence-electron chi connectivity index (χ3n) is 7.71. The number of rotatable bonds is 9. The summed E-state index contributed by atoms with van der Waals surface area (Å²) in [6.07, 6.45) is 6.86. The summed E-state index contributed by atoms with van der Waals surface area (Å²) in [5.41, 5.74) is 10.2. The number of carbonyl (C=O) groups excluding carboxylic acids is 6. The van der Waals surface area contributed by atoms with Gasteiger partial charge in [-0.2, -0.15) is 19.2 Å². The molecule has 3 heterocycles. The van der Waals surface area contributed by atoms with Gasteiger partial charge < -0.3 is 30.8 Å². The highest BCUT2D eigenvalue weighted by Gasteiger charge is 2.43. The molecular formula is C32H34N4O8. The maximum atomic E-state index is 13.2. The molecule has 3 aromatic rings. The summed E-state index contributed by atoms with van der Waals surface area (Å²) in [6, 6.07) is 12.5. The van der Waals surface area contributed by atoms with E-state index in [1.54, 1.807) is 18.2 Å². The number of para-hydroxylation sites is 1. The largest absolute Gasteiger partial charge is 0.507 e. The van der Waals surface area contributed by atoms with Gasteiger partial charge in [0, 0.05) is 41.5 Å². The van der Waals surface area contributed by atoms with Crippen LogP contribution in [-0.2, 0) is 35.9 Å². The molecule has 1 aromatic heterocycles. The Hall–Kier alpha value is -5.28. The number of hydrogen-bond acceptors (Lipinski definition) is 10. The second kappa shape index (κ2) is 15.3. The summed E-state index contributed by atoms with van der Waals surface area (Å²) in [6.45, 7) is 6.12. The van der Waals surface area contributed by atoms with Crippen LogP contribution < -0.4 is 15.8 Å². The van der Waals surface area contributed by atoms with Crippen LogP contribution in [0.3, 0.4) is 0 Å². The number of nitrogens with zero attached hydrogens (tertiary/aromatic N) is 1. The Morgan fingerprint density at radius 2 is 1.82 bits per heavy atom. The molecule has 2 aliphatic heterocycles. The fourth-order valence-corrected chi connectivity index (χ4v) is 5.43. The monoisotopic (exact) mass is 602 g/mol. The first kappa shape index (κ1) is 33.2. The third kappa shape index (κ3) is 7.19. The lowest BCUT2D eigenvalue weighted by Gasteiger charge is -2.47. The SMILES string of the molecule is CC1=CC(C(=O)c2ccccc2O)=CN2CCc3c([nH]c4ccc(OCC(=O)NCCCCN)cc34)C12C.O=C=O.O=C=O. The van der Waals surface area contributed by atoms with Gasteiger partial charge in [-0.15, -0.1) is 0 Å². The number of amides is 1. The molecule has 230 valence electrons. The maximum Gasteiger partial charge on any atom is 0.373 e. The van der Waals surface area contributed by atoms with Gasteiger partial charge in [0.25, 0.3) is 5.91 Å². The average Bonchev–Trinajstić information content (AvgIpc) is 3.39. The van der Waals surface area contributed by atoms with Gasteiger partial charge in [0.1, 0.15) is 11.5 Å². The molecule has 5 N–H and O–H groups in total. The number of ether oxygens (including phenoxy) is 1. The van der Waals surface area contributed by atoms with Crippen LogP contribution in [0.4, 0.5) is 0 Å². The van der Waals surface area contributed by atoms with Gasteiger partial charge in [0.15, 0.2) is 12.4 Å². The first-order valence-corrected chi connectivity index (χ1v) is 13.9. The molecule has 0 radical (unpaired) electrons. The number of carbonyl (C=O) groups is 2. The molecule has 12 heteroatoms. The Bertz CT molecular complexity index is 1630. The Labute approximate surface area is 253 Å². The van der Waals surface area contributed by atoms with E-state index in [2.05, 4.69) is 22.1 Å². The van der Waals surface area contributed by atoms with E-state index in [0.29, 0.717) is 30.0 Å². The number of phenols is 1. The van der Waals surface area contributed by atoms with E-state index >= 15 is 0 Å². The lowest BCUT2D eigenvalue weighted by atomic mass is 9.78. The Morgan fingerprint density at radius 1 is 1.11 bits per heavy atom. The molecule has 1 unspecified atom stereocenters. The summed E-state index contributed by atoms with van der Waals surface area (Å²) >= 11 is 0. The van der Waals surface area contributed by atoms with Crippen LogP contribution in [0.15, 0.2) is 65.9 Å². The van der Waals surface area contributed by atoms with Crippen molar-refractivity contribution in [2.45, 2.75) is 38.6 Å². The van der Waals surface area contributed by atoms with E-state index < -0.39 is 5.54 Å². The van der Waals surface area contributed by atoms with Crippen molar-refractivity contribution in [3.05, 3.63) is 82.7 Å². The number of nitrogens with two attached hydrogens (primary N) is 1. The average molecular weight is 603 g/mol. The highest BCUT2D eigenvalue weighted by atomic mass is 16.5. The highest BCUT2D eigenvalue weighted by Crippen LogP contribution is 2.46. The molecule has 0 saturated carbocycles. The zero-order chi connectivity index (χ0) is 32.3. The van der Waals surface area contributed by atoms with E-state index in [1.165, 1.54) is 11.6 Å². The van der Waals surface area contributed by atoms with Crippen molar-refractivity contribution in [3.63, 3.8) is 0 Å². The summed E-state index contributed by atoms with van der Waals surface area (Å²) in [7, 11) is 0. The smallest absolute Gasteiger partial charge is 0.373 e. The molecule has 2 aromatic carbocycles. The normalized spacial score (nSPS) is 16.2. The topological polar surface area (TPSA) is 189 Å². The quantitative estimate of drug-likeness (QED) is 0.209. The second-order valence-corrected chi connectivity index (χ2v) is 10.3. The van der Waals surface area contributed by atoms with Crippen LogP contribution in [0.1, 0.15) is 48.3 Å². The summed E-state index contributed by atoms with van der Waals surface area (Å²) < 4.78 is 5.80. The number of hydrogen-bond donors (Lipinski definition) is 4. The van der Waals surface area contributed by atoms with Crippen molar-refractivity contribution in [3.8, 4) is 11.5 Å². The molecule has 1 atom stereocenters. The number of Topliss-reactive ketones (excluding diaryl/α,β-unsaturated/α-hetero) is 1. The van der Waals surface area contributed by atoms with Gasteiger partial charge in [0.2, 0.25) is 0 Å². The fourth-order valence-electron chi connectivity index (χ4n) is 5.43. The zero-order valence-corrected chi connectivity index (χ0v) is 24.5. The zero-order valence-electron chi connectivity index (χ0n) is 24.5. The van der Waals surface area contributed by atoms with Crippen molar-refractivity contribution in [1.29, 1.82) is 0 Å². The van der Waals surface area contributed by atoms with Gasteiger partial charge >= 0.3 is 12.3 Å². The van der Waals surface area contributed by atoms with E-state index in [1.807, 2.05) is 37.4 Å². The lowest BCUT2D eigenvalue weighted by molar-refractivity contribution is -0.193. The number of unbranched alkanes of at least 4 members (excludes halogenated alkanes) is 1. The number of benzene rings is 2. The molecular weight excluding hydrogens is 568 g/mol. The third-order valence-corrected chi connectivity index (χ3v) is 7.71. The van der Waals surface area contributed by atoms with E-state index in [0.717, 1.165) is 48.0 Å².